The van der Waals surface area contributed by atoms with Crippen LogP contribution in [0.5, 0.6) is 0 Å². The van der Waals surface area contributed by atoms with Crippen molar-refractivity contribution >= 4 is 17.9 Å². The van der Waals surface area contributed by atoms with Gasteiger partial charge < -0.3 is 19.9 Å². The number of amides is 1. The molecule has 1 saturated heterocycles. The molecule has 0 atom stereocenters. The SMILES string of the molecule is CCOC(=O)N1CCN(c2cc(C)nc(NCc3cccc(C)c3)n2)CC1. The zero-order valence-corrected chi connectivity index (χ0v) is 16.2. The third kappa shape index (κ3) is 5.09. The average Bonchev–Trinajstić information content (AvgIpc) is 2.66. The zero-order chi connectivity index (χ0) is 19.2. The van der Waals surface area contributed by atoms with Gasteiger partial charge in [0.05, 0.1) is 6.61 Å². The number of aryl methyl sites for hydroxylation is 2. The number of nitrogens with zero attached hydrogens (tertiary/aromatic N) is 4. The second-order valence-electron chi connectivity index (χ2n) is 6.71. The molecule has 0 aliphatic carbocycles. The van der Waals surface area contributed by atoms with Gasteiger partial charge in [0, 0.05) is 44.5 Å². The standard InChI is InChI=1S/C20H27N5O2/c1-4-27-20(26)25-10-8-24(9-11-25)18-13-16(3)22-19(23-18)21-14-17-7-5-6-15(2)12-17/h5-7,12-13H,4,8-11,14H2,1-3H3,(H,21,22,23). The van der Waals surface area contributed by atoms with Gasteiger partial charge in [0.2, 0.25) is 5.95 Å². The second-order valence-corrected chi connectivity index (χ2v) is 6.71. The molecule has 2 aromatic rings. The summed E-state index contributed by atoms with van der Waals surface area (Å²) in [4.78, 5) is 24.9. The first-order valence-electron chi connectivity index (χ1n) is 9.37. The van der Waals surface area contributed by atoms with Crippen molar-refractivity contribution in [1.82, 2.24) is 14.9 Å². The molecule has 0 bridgehead atoms. The average molecular weight is 369 g/mol. The van der Waals surface area contributed by atoms with E-state index in [1.807, 2.05) is 19.9 Å². The van der Waals surface area contributed by atoms with E-state index in [2.05, 4.69) is 51.4 Å². The number of hydrogen-bond donors (Lipinski definition) is 1. The highest BCUT2D eigenvalue weighted by atomic mass is 16.6. The monoisotopic (exact) mass is 369 g/mol. The number of anilines is 2. The van der Waals surface area contributed by atoms with Crippen molar-refractivity contribution in [2.24, 2.45) is 0 Å². The molecule has 1 aliphatic rings. The summed E-state index contributed by atoms with van der Waals surface area (Å²) >= 11 is 0. The van der Waals surface area contributed by atoms with E-state index in [1.54, 1.807) is 4.90 Å². The van der Waals surface area contributed by atoms with Crippen LogP contribution in [0.1, 0.15) is 23.7 Å². The topological polar surface area (TPSA) is 70.6 Å². The minimum atomic E-state index is -0.239. The molecule has 0 saturated carbocycles. The lowest BCUT2D eigenvalue weighted by Gasteiger charge is -2.34. The highest BCUT2D eigenvalue weighted by Gasteiger charge is 2.23. The summed E-state index contributed by atoms with van der Waals surface area (Å²) in [7, 11) is 0. The third-order valence-corrected chi connectivity index (χ3v) is 4.50. The molecule has 1 aromatic heterocycles. The van der Waals surface area contributed by atoms with Gasteiger partial charge >= 0.3 is 6.09 Å². The Balaban J connectivity index is 1.63. The molecule has 7 nitrogen and oxygen atoms in total. The fourth-order valence-electron chi connectivity index (χ4n) is 3.13. The molecule has 0 unspecified atom stereocenters. The number of piperazine rings is 1. The minimum Gasteiger partial charge on any atom is -0.450 e. The highest BCUT2D eigenvalue weighted by Crippen LogP contribution is 2.18. The van der Waals surface area contributed by atoms with Crippen molar-refractivity contribution in [2.45, 2.75) is 27.3 Å². The Hall–Kier alpha value is -2.83. The number of nitrogens with one attached hydrogen (secondary N) is 1. The summed E-state index contributed by atoms with van der Waals surface area (Å²) in [5, 5.41) is 3.32. The molecule has 1 N–H and O–H groups in total. The lowest BCUT2D eigenvalue weighted by molar-refractivity contribution is 0.105. The zero-order valence-electron chi connectivity index (χ0n) is 16.2. The fourth-order valence-corrected chi connectivity index (χ4v) is 3.13. The molecule has 7 heteroatoms. The number of aromatic nitrogens is 2. The maximum Gasteiger partial charge on any atom is 0.409 e. The van der Waals surface area contributed by atoms with Crippen molar-refractivity contribution in [2.75, 3.05) is 43.0 Å². The molecule has 1 amide bonds. The van der Waals surface area contributed by atoms with Gasteiger partial charge in [0.15, 0.2) is 0 Å². The van der Waals surface area contributed by atoms with Crippen molar-refractivity contribution in [3.63, 3.8) is 0 Å². The van der Waals surface area contributed by atoms with Crippen molar-refractivity contribution < 1.29 is 9.53 Å². The lowest BCUT2D eigenvalue weighted by Crippen LogP contribution is -2.49. The Kier molecular flexibility index (Phi) is 6.11. The van der Waals surface area contributed by atoms with E-state index < -0.39 is 0 Å². The van der Waals surface area contributed by atoms with Gasteiger partial charge in [-0.2, -0.15) is 4.98 Å². The second kappa shape index (κ2) is 8.70. The molecule has 27 heavy (non-hydrogen) atoms. The van der Waals surface area contributed by atoms with E-state index in [9.17, 15) is 4.79 Å². The van der Waals surface area contributed by atoms with Gasteiger partial charge in [-0.1, -0.05) is 29.8 Å². The number of carbonyl (C=O) groups excluding carboxylic acids is 1. The van der Waals surface area contributed by atoms with E-state index in [4.69, 9.17) is 4.74 Å². The Labute approximate surface area is 160 Å². The van der Waals surface area contributed by atoms with Crippen LogP contribution < -0.4 is 10.2 Å². The number of hydrogen-bond acceptors (Lipinski definition) is 6. The molecule has 1 aliphatic heterocycles. The van der Waals surface area contributed by atoms with Crippen LogP contribution in [0.2, 0.25) is 0 Å². The largest absolute Gasteiger partial charge is 0.450 e. The molecule has 144 valence electrons. The van der Waals surface area contributed by atoms with Crippen LogP contribution >= 0.6 is 0 Å². The third-order valence-electron chi connectivity index (χ3n) is 4.50. The molecular weight excluding hydrogens is 342 g/mol. The Bertz CT molecular complexity index is 788. The Morgan fingerprint density at radius 2 is 1.93 bits per heavy atom. The van der Waals surface area contributed by atoms with Crippen molar-refractivity contribution in [3.05, 3.63) is 47.2 Å². The first-order valence-corrected chi connectivity index (χ1v) is 9.37. The minimum absolute atomic E-state index is 0.239. The molecule has 0 spiro atoms. The maximum absolute atomic E-state index is 11.8. The Morgan fingerprint density at radius 3 is 2.63 bits per heavy atom. The van der Waals surface area contributed by atoms with E-state index in [0.717, 1.165) is 24.6 Å². The molecule has 0 radical (unpaired) electrons. The smallest absolute Gasteiger partial charge is 0.409 e. The molecule has 1 fully saturated rings. The molecule has 2 heterocycles. The highest BCUT2D eigenvalue weighted by molar-refractivity contribution is 5.68. The summed E-state index contributed by atoms with van der Waals surface area (Å²) in [6.45, 7) is 9.68. The number of carbonyl (C=O) groups is 1. The molecule has 1 aromatic carbocycles. The van der Waals surface area contributed by atoms with Gasteiger partial charge in [-0.25, -0.2) is 9.78 Å². The summed E-state index contributed by atoms with van der Waals surface area (Å²) < 4.78 is 5.08. The van der Waals surface area contributed by atoms with Gasteiger partial charge in [0.1, 0.15) is 5.82 Å². The Morgan fingerprint density at radius 1 is 1.15 bits per heavy atom. The van der Waals surface area contributed by atoms with Crippen molar-refractivity contribution in [3.8, 4) is 0 Å². The van der Waals surface area contributed by atoms with Crippen LogP contribution in [-0.4, -0.2) is 53.7 Å². The van der Waals surface area contributed by atoms with Crippen LogP contribution in [0, 0.1) is 13.8 Å². The fraction of sp³-hybridized carbons (Fsp3) is 0.450. The predicted molar refractivity (Wildman–Crippen MR) is 106 cm³/mol. The maximum atomic E-state index is 11.8. The van der Waals surface area contributed by atoms with E-state index >= 15 is 0 Å². The van der Waals surface area contributed by atoms with Gasteiger partial charge in [-0.3, -0.25) is 0 Å². The first kappa shape index (κ1) is 18.9. The molecule has 3 rings (SSSR count). The van der Waals surface area contributed by atoms with E-state index in [-0.39, 0.29) is 6.09 Å². The van der Waals surface area contributed by atoms with E-state index in [0.29, 0.717) is 32.2 Å². The van der Waals surface area contributed by atoms with Crippen LogP contribution in [0.4, 0.5) is 16.6 Å². The van der Waals surface area contributed by atoms with Gasteiger partial charge in [-0.05, 0) is 26.3 Å². The predicted octanol–water partition coefficient (Wildman–Crippen LogP) is 2.98. The van der Waals surface area contributed by atoms with Crippen LogP contribution in [0.25, 0.3) is 0 Å². The number of benzene rings is 1. The van der Waals surface area contributed by atoms with Crippen LogP contribution in [0.3, 0.4) is 0 Å². The summed E-state index contributed by atoms with van der Waals surface area (Å²) in [6, 6.07) is 10.4. The summed E-state index contributed by atoms with van der Waals surface area (Å²) in [6.07, 6.45) is -0.239. The number of ether oxygens (including phenoxy) is 1. The van der Waals surface area contributed by atoms with Crippen LogP contribution in [0.15, 0.2) is 30.3 Å². The lowest BCUT2D eigenvalue weighted by atomic mass is 10.1. The van der Waals surface area contributed by atoms with E-state index in [1.165, 1.54) is 11.1 Å². The normalized spacial score (nSPS) is 14.2. The van der Waals surface area contributed by atoms with Gasteiger partial charge in [0.25, 0.3) is 0 Å². The molecular formula is C20H27N5O2. The van der Waals surface area contributed by atoms with Crippen LogP contribution in [-0.2, 0) is 11.3 Å². The van der Waals surface area contributed by atoms with Gasteiger partial charge in [-0.15, -0.1) is 0 Å². The van der Waals surface area contributed by atoms with Crippen molar-refractivity contribution in [1.29, 1.82) is 0 Å². The first-order chi connectivity index (χ1) is 13.0. The quantitative estimate of drug-likeness (QED) is 0.874. The summed E-state index contributed by atoms with van der Waals surface area (Å²) in [5.41, 5.74) is 3.35. The summed E-state index contributed by atoms with van der Waals surface area (Å²) in [5.74, 6) is 1.51. The number of rotatable bonds is 5.